The minimum Gasteiger partial charge on any atom is -0.352 e. The molecule has 37 heavy (non-hydrogen) atoms. The molecule has 1 spiro atoms. The molecule has 2 aliphatic rings. The Labute approximate surface area is 230 Å². The fourth-order valence-corrected chi connectivity index (χ4v) is 6.03. The number of carbonyl (C=O) groups excluding carboxylic acids is 2. The lowest BCUT2D eigenvalue weighted by Crippen LogP contribution is -2.48. The van der Waals surface area contributed by atoms with Crippen LogP contribution in [0.25, 0.3) is 0 Å². The zero-order valence-electron chi connectivity index (χ0n) is 22.0. The van der Waals surface area contributed by atoms with Gasteiger partial charge < -0.3 is 10.2 Å². The SMILES string of the molecule is CCCCCNC(=O)c1ccc(CN2C(=O)C(c3cc(Cl)cc(Cl)c3)=NC23CCC(C(C)C)CC3)cc1. The van der Waals surface area contributed by atoms with Crippen molar-refractivity contribution in [2.45, 2.75) is 77.9 Å². The zero-order valence-corrected chi connectivity index (χ0v) is 23.5. The van der Waals surface area contributed by atoms with Crippen LogP contribution in [0.2, 0.25) is 10.0 Å². The number of carbonyl (C=O) groups is 2. The number of halogens is 2. The molecule has 198 valence electrons. The number of benzene rings is 2. The maximum absolute atomic E-state index is 13.8. The maximum atomic E-state index is 13.8. The molecule has 1 N–H and O–H groups in total. The highest BCUT2D eigenvalue weighted by Gasteiger charge is 2.49. The molecular weight excluding hydrogens is 505 g/mol. The van der Waals surface area contributed by atoms with E-state index in [0.717, 1.165) is 50.5 Å². The van der Waals surface area contributed by atoms with E-state index in [2.05, 4.69) is 26.1 Å². The van der Waals surface area contributed by atoms with Gasteiger partial charge in [0, 0.05) is 34.3 Å². The van der Waals surface area contributed by atoms with Gasteiger partial charge in [-0.1, -0.05) is 68.9 Å². The molecule has 0 saturated heterocycles. The summed E-state index contributed by atoms with van der Waals surface area (Å²) in [5.41, 5.74) is 2.12. The summed E-state index contributed by atoms with van der Waals surface area (Å²) < 4.78 is 0. The fraction of sp³-hybridized carbons (Fsp3) is 0.500. The summed E-state index contributed by atoms with van der Waals surface area (Å²) in [5.74, 6) is 1.09. The Kier molecular flexibility index (Phi) is 8.97. The molecule has 1 aliphatic heterocycles. The predicted molar refractivity (Wildman–Crippen MR) is 151 cm³/mol. The van der Waals surface area contributed by atoms with Gasteiger partial charge in [-0.25, -0.2) is 0 Å². The number of hydrogen-bond donors (Lipinski definition) is 1. The quantitative estimate of drug-likeness (QED) is 0.339. The Morgan fingerprint density at radius 3 is 2.32 bits per heavy atom. The highest BCUT2D eigenvalue weighted by Crippen LogP contribution is 2.44. The lowest BCUT2D eigenvalue weighted by Gasteiger charge is -2.42. The van der Waals surface area contributed by atoms with Gasteiger partial charge in [0.2, 0.25) is 0 Å². The number of hydrogen-bond acceptors (Lipinski definition) is 3. The lowest BCUT2D eigenvalue weighted by molar-refractivity contribution is -0.130. The first-order valence-electron chi connectivity index (χ1n) is 13.5. The van der Waals surface area contributed by atoms with Gasteiger partial charge in [-0.3, -0.25) is 14.6 Å². The molecule has 1 aliphatic carbocycles. The Morgan fingerprint density at radius 2 is 1.73 bits per heavy atom. The van der Waals surface area contributed by atoms with E-state index < -0.39 is 5.66 Å². The molecule has 4 rings (SSSR count). The number of aliphatic imine (C=N–C) groups is 1. The molecule has 7 heteroatoms. The summed E-state index contributed by atoms with van der Waals surface area (Å²) in [6, 6.07) is 12.7. The topological polar surface area (TPSA) is 61.8 Å². The lowest BCUT2D eigenvalue weighted by atomic mass is 9.76. The molecule has 0 atom stereocenters. The van der Waals surface area contributed by atoms with E-state index in [0.29, 0.717) is 51.8 Å². The summed E-state index contributed by atoms with van der Waals surface area (Å²) >= 11 is 12.5. The van der Waals surface area contributed by atoms with Crippen LogP contribution in [0.5, 0.6) is 0 Å². The van der Waals surface area contributed by atoms with Gasteiger partial charge in [-0.2, -0.15) is 0 Å². The summed E-state index contributed by atoms with van der Waals surface area (Å²) in [7, 11) is 0. The van der Waals surface area contributed by atoms with E-state index in [-0.39, 0.29) is 11.8 Å². The summed E-state index contributed by atoms with van der Waals surface area (Å²) in [5, 5.41) is 3.95. The van der Waals surface area contributed by atoms with Gasteiger partial charge in [0.05, 0.1) is 0 Å². The minimum atomic E-state index is -0.568. The maximum Gasteiger partial charge on any atom is 0.274 e. The highest BCUT2D eigenvalue weighted by atomic mass is 35.5. The smallest absolute Gasteiger partial charge is 0.274 e. The number of rotatable bonds is 9. The van der Waals surface area contributed by atoms with Crippen molar-refractivity contribution >= 4 is 40.7 Å². The van der Waals surface area contributed by atoms with Crippen LogP contribution >= 0.6 is 23.2 Å². The van der Waals surface area contributed by atoms with E-state index in [1.165, 1.54) is 0 Å². The molecule has 0 unspecified atom stereocenters. The molecule has 1 saturated carbocycles. The molecule has 0 bridgehead atoms. The van der Waals surface area contributed by atoms with Crippen molar-refractivity contribution in [3.63, 3.8) is 0 Å². The van der Waals surface area contributed by atoms with E-state index >= 15 is 0 Å². The van der Waals surface area contributed by atoms with E-state index in [9.17, 15) is 9.59 Å². The molecule has 2 aromatic carbocycles. The molecule has 1 fully saturated rings. The monoisotopic (exact) mass is 541 g/mol. The second kappa shape index (κ2) is 12.0. The molecule has 2 amide bonds. The van der Waals surface area contributed by atoms with E-state index in [4.69, 9.17) is 28.2 Å². The average molecular weight is 543 g/mol. The van der Waals surface area contributed by atoms with E-state index in [1.54, 1.807) is 18.2 Å². The fourth-order valence-electron chi connectivity index (χ4n) is 5.50. The van der Waals surface area contributed by atoms with Crippen LogP contribution in [0.1, 0.15) is 87.2 Å². The van der Waals surface area contributed by atoms with Crippen molar-refractivity contribution in [2.75, 3.05) is 6.54 Å². The third kappa shape index (κ3) is 6.38. The summed E-state index contributed by atoms with van der Waals surface area (Å²) in [6.07, 6.45) is 6.94. The average Bonchev–Trinajstić information content (AvgIpc) is 3.13. The molecule has 0 aromatic heterocycles. The number of nitrogens with one attached hydrogen (secondary N) is 1. The van der Waals surface area contributed by atoms with Crippen molar-refractivity contribution in [3.8, 4) is 0 Å². The van der Waals surface area contributed by atoms with E-state index in [1.807, 2.05) is 29.2 Å². The third-order valence-electron chi connectivity index (χ3n) is 7.80. The van der Waals surface area contributed by atoms with Gasteiger partial charge in [0.15, 0.2) is 0 Å². The normalized spacial score (nSPS) is 21.6. The first-order chi connectivity index (χ1) is 17.7. The van der Waals surface area contributed by atoms with Crippen LogP contribution < -0.4 is 5.32 Å². The summed E-state index contributed by atoms with van der Waals surface area (Å²) in [4.78, 5) is 33.3. The minimum absolute atomic E-state index is 0.0631. The van der Waals surface area contributed by atoms with Crippen LogP contribution in [0.4, 0.5) is 0 Å². The first-order valence-corrected chi connectivity index (χ1v) is 14.2. The van der Waals surface area contributed by atoms with Crippen molar-refractivity contribution in [3.05, 3.63) is 69.2 Å². The van der Waals surface area contributed by atoms with Crippen LogP contribution in [0.15, 0.2) is 47.5 Å². The summed E-state index contributed by atoms with van der Waals surface area (Å²) in [6.45, 7) is 7.80. The predicted octanol–water partition coefficient (Wildman–Crippen LogP) is 7.29. The highest BCUT2D eigenvalue weighted by molar-refractivity contribution is 6.47. The number of amides is 2. The van der Waals surface area contributed by atoms with Gasteiger partial charge in [-0.15, -0.1) is 0 Å². The van der Waals surface area contributed by atoms with Crippen molar-refractivity contribution < 1.29 is 9.59 Å². The molecular formula is C30H37Cl2N3O2. The largest absolute Gasteiger partial charge is 0.352 e. The van der Waals surface area contributed by atoms with Gasteiger partial charge in [0.25, 0.3) is 11.8 Å². The van der Waals surface area contributed by atoms with Crippen molar-refractivity contribution in [1.82, 2.24) is 10.2 Å². The van der Waals surface area contributed by atoms with Crippen LogP contribution in [0.3, 0.4) is 0 Å². The van der Waals surface area contributed by atoms with Gasteiger partial charge in [-0.05, 0) is 79.8 Å². The van der Waals surface area contributed by atoms with Gasteiger partial charge >= 0.3 is 0 Å². The first kappa shape index (κ1) is 27.7. The Bertz CT molecular complexity index is 1130. The molecule has 1 heterocycles. The Morgan fingerprint density at radius 1 is 1.08 bits per heavy atom. The van der Waals surface area contributed by atoms with Crippen molar-refractivity contribution in [2.24, 2.45) is 16.8 Å². The van der Waals surface area contributed by atoms with Crippen LogP contribution in [-0.4, -0.2) is 34.6 Å². The van der Waals surface area contributed by atoms with Crippen LogP contribution in [-0.2, 0) is 11.3 Å². The molecule has 0 radical (unpaired) electrons. The second-order valence-corrected chi connectivity index (χ2v) is 11.6. The third-order valence-corrected chi connectivity index (χ3v) is 8.24. The number of unbranched alkanes of at least 4 members (excludes halogenated alkanes) is 2. The number of nitrogens with zero attached hydrogens (tertiary/aromatic N) is 2. The Hall–Kier alpha value is -2.37. The Balaban J connectivity index is 1.55. The molecule has 5 nitrogen and oxygen atoms in total. The second-order valence-electron chi connectivity index (χ2n) is 10.7. The molecule has 2 aromatic rings. The standard InChI is InChI=1S/C30H37Cl2N3O2/c1-4-5-6-15-33-28(36)23-9-7-21(8-10-23)19-35-29(37)27(24-16-25(31)18-26(32)17-24)34-30(35)13-11-22(12-14-30)20(2)3/h7-10,16-18,20,22H,4-6,11-15,19H2,1-3H3,(H,33,36). The van der Waals surface area contributed by atoms with Crippen LogP contribution in [0, 0.1) is 11.8 Å². The van der Waals surface area contributed by atoms with Gasteiger partial charge in [0.1, 0.15) is 11.4 Å². The van der Waals surface area contributed by atoms with Crippen molar-refractivity contribution in [1.29, 1.82) is 0 Å². The zero-order chi connectivity index (χ0) is 26.6.